The number of anilines is 1. The van der Waals surface area contributed by atoms with E-state index in [2.05, 4.69) is 10.6 Å². The standard InChI is InChI=1S/C15H20F3N3O4S.ClH/c1-25-14(6-8-19-9-7-14)13(22)21-11-2-4-12(5-3-11)26(23,24)20-10-15(16,17)18;/h2-5,19-20H,6-10H2,1H3,(H,21,22);1H. The number of sulfonamides is 1. The van der Waals surface area contributed by atoms with E-state index >= 15 is 0 Å². The third-order valence-electron chi connectivity index (χ3n) is 4.10. The number of methoxy groups -OCH3 is 1. The van der Waals surface area contributed by atoms with Crippen molar-refractivity contribution >= 4 is 34.0 Å². The van der Waals surface area contributed by atoms with Crippen LogP contribution in [0.2, 0.25) is 0 Å². The highest BCUT2D eigenvalue weighted by atomic mass is 35.5. The number of benzene rings is 1. The number of hydrogen-bond acceptors (Lipinski definition) is 5. The third-order valence-corrected chi connectivity index (χ3v) is 5.52. The van der Waals surface area contributed by atoms with Gasteiger partial charge in [-0.25, -0.2) is 13.1 Å². The van der Waals surface area contributed by atoms with Crippen LogP contribution < -0.4 is 15.4 Å². The van der Waals surface area contributed by atoms with Gasteiger partial charge < -0.3 is 15.4 Å². The Morgan fingerprint density at radius 2 is 1.78 bits per heavy atom. The van der Waals surface area contributed by atoms with Gasteiger partial charge >= 0.3 is 6.18 Å². The molecule has 0 radical (unpaired) electrons. The van der Waals surface area contributed by atoms with Crippen molar-refractivity contribution in [2.45, 2.75) is 29.5 Å². The molecule has 0 saturated carbocycles. The van der Waals surface area contributed by atoms with Crippen LogP contribution >= 0.6 is 12.4 Å². The monoisotopic (exact) mass is 431 g/mol. The molecule has 3 N–H and O–H groups in total. The van der Waals surface area contributed by atoms with Gasteiger partial charge in [-0.3, -0.25) is 4.79 Å². The molecule has 27 heavy (non-hydrogen) atoms. The Labute approximate surface area is 161 Å². The molecular weight excluding hydrogens is 411 g/mol. The van der Waals surface area contributed by atoms with E-state index in [0.717, 1.165) is 12.1 Å². The first-order valence-corrected chi connectivity index (χ1v) is 9.30. The maximum absolute atomic E-state index is 12.5. The number of alkyl halides is 3. The lowest BCUT2D eigenvalue weighted by Crippen LogP contribution is -2.51. The maximum Gasteiger partial charge on any atom is 0.402 e. The average molecular weight is 432 g/mol. The summed E-state index contributed by atoms with van der Waals surface area (Å²) < 4.78 is 67.0. The Hall–Kier alpha value is -1.40. The Morgan fingerprint density at radius 1 is 1.22 bits per heavy atom. The lowest BCUT2D eigenvalue weighted by Gasteiger charge is -2.34. The summed E-state index contributed by atoms with van der Waals surface area (Å²) in [6, 6.07) is 4.86. The van der Waals surface area contributed by atoms with Crippen LogP contribution in [0.4, 0.5) is 18.9 Å². The molecule has 0 atom stereocenters. The van der Waals surface area contributed by atoms with Crippen molar-refractivity contribution < 1.29 is 31.1 Å². The molecule has 7 nitrogen and oxygen atoms in total. The van der Waals surface area contributed by atoms with E-state index in [4.69, 9.17) is 4.74 Å². The Bertz CT molecular complexity index is 736. The van der Waals surface area contributed by atoms with Gasteiger partial charge in [0.25, 0.3) is 5.91 Å². The van der Waals surface area contributed by atoms with Gasteiger partial charge in [0.2, 0.25) is 10.0 Å². The molecule has 0 unspecified atom stereocenters. The molecule has 0 spiro atoms. The van der Waals surface area contributed by atoms with E-state index in [1.807, 2.05) is 0 Å². The molecule has 12 heteroatoms. The van der Waals surface area contributed by atoms with Crippen molar-refractivity contribution in [2.24, 2.45) is 0 Å². The van der Waals surface area contributed by atoms with E-state index in [-0.39, 0.29) is 23.2 Å². The minimum atomic E-state index is -4.65. The van der Waals surface area contributed by atoms with Crippen molar-refractivity contribution in [3.63, 3.8) is 0 Å². The predicted molar refractivity (Wildman–Crippen MR) is 95.4 cm³/mol. The van der Waals surface area contributed by atoms with E-state index < -0.39 is 28.3 Å². The molecule has 1 aromatic rings. The number of piperidine rings is 1. The van der Waals surface area contributed by atoms with Gasteiger partial charge in [-0.1, -0.05) is 0 Å². The normalized spacial score (nSPS) is 17.0. The summed E-state index contributed by atoms with van der Waals surface area (Å²) in [6.07, 6.45) is -3.67. The van der Waals surface area contributed by atoms with Crippen LogP contribution in [0.3, 0.4) is 0 Å². The number of hydrogen-bond donors (Lipinski definition) is 3. The first-order chi connectivity index (χ1) is 12.1. The number of nitrogens with one attached hydrogen (secondary N) is 3. The van der Waals surface area contributed by atoms with Crippen LogP contribution in [0, 0.1) is 0 Å². The zero-order valence-electron chi connectivity index (χ0n) is 14.4. The van der Waals surface area contributed by atoms with E-state index in [0.29, 0.717) is 31.6 Å². The Balaban J connectivity index is 0.00000364. The summed E-state index contributed by atoms with van der Waals surface area (Å²) in [5, 5.41) is 5.78. The van der Waals surface area contributed by atoms with Crippen molar-refractivity contribution in [1.82, 2.24) is 10.0 Å². The van der Waals surface area contributed by atoms with Crippen molar-refractivity contribution in [2.75, 3.05) is 32.1 Å². The summed E-state index contributed by atoms with van der Waals surface area (Å²) in [7, 11) is -2.84. The van der Waals surface area contributed by atoms with Crippen LogP contribution in [-0.2, 0) is 19.6 Å². The molecule has 1 fully saturated rings. The van der Waals surface area contributed by atoms with Crippen LogP contribution in [0.5, 0.6) is 0 Å². The molecule has 1 aliphatic rings. The summed E-state index contributed by atoms with van der Waals surface area (Å²) >= 11 is 0. The third kappa shape index (κ3) is 6.32. The molecule has 1 heterocycles. The van der Waals surface area contributed by atoms with Gasteiger partial charge in [0, 0.05) is 12.8 Å². The summed E-state index contributed by atoms with van der Waals surface area (Å²) in [5.74, 6) is -0.354. The molecule has 1 saturated heterocycles. The van der Waals surface area contributed by atoms with Crippen molar-refractivity contribution in [3.05, 3.63) is 24.3 Å². The second-order valence-corrected chi connectivity index (χ2v) is 7.63. The SMILES string of the molecule is COC1(C(=O)Nc2ccc(S(=O)(=O)NCC(F)(F)F)cc2)CCNCC1.Cl. The molecule has 0 aromatic heterocycles. The second-order valence-electron chi connectivity index (χ2n) is 5.87. The van der Waals surface area contributed by atoms with Gasteiger partial charge in [0.1, 0.15) is 12.1 Å². The van der Waals surface area contributed by atoms with Gasteiger partial charge in [0.05, 0.1) is 4.90 Å². The first kappa shape index (κ1) is 23.6. The highest BCUT2D eigenvalue weighted by molar-refractivity contribution is 7.89. The van der Waals surface area contributed by atoms with Crippen LogP contribution in [0.15, 0.2) is 29.2 Å². The van der Waals surface area contributed by atoms with Crippen LogP contribution in [-0.4, -0.2) is 52.8 Å². The Morgan fingerprint density at radius 3 is 2.26 bits per heavy atom. The van der Waals surface area contributed by atoms with Gasteiger partial charge in [-0.05, 0) is 50.2 Å². The predicted octanol–water partition coefficient (Wildman–Crippen LogP) is 1.66. The highest BCUT2D eigenvalue weighted by Gasteiger charge is 2.39. The minimum absolute atomic E-state index is 0. The number of carbonyl (C=O) groups is 1. The highest BCUT2D eigenvalue weighted by Crippen LogP contribution is 2.25. The zero-order valence-corrected chi connectivity index (χ0v) is 16.1. The van der Waals surface area contributed by atoms with Crippen molar-refractivity contribution in [3.8, 4) is 0 Å². The Kier molecular flexibility index (Phi) is 8.05. The van der Waals surface area contributed by atoms with E-state index in [9.17, 15) is 26.4 Å². The molecule has 154 valence electrons. The maximum atomic E-state index is 12.5. The largest absolute Gasteiger partial charge is 0.402 e. The lowest BCUT2D eigenvalue weighted by molar-refractivity contribution is -0.140. The van der Waals surface area contributed by atoms with Gasteiger partial charge in [-0.15, -0.1) is 12.4 Å². The average Bonchev–Trinajstić information content (AvgIpc) is 2.60. The molecule has 2 rings (SSSR count). The molecule has 0 bridgehead atoms. The van der Waals surface area contributed by atoms with Gasteiger partial charge in [-0.2, -0.15) is 13.2 Å². The van der Waals surface area contributed by atoms with Crippen LogP contribution in [0.25, 0.3) is 0 Å². The van der Waals surface area contributed by atoms with Crippen molar-refractivity contribution in [1.29, 1.82) is 0 Å². The molecule has 1 aromatic carbocycles. The molecular formula is C15H21ClF3N3O4S. The second kappa shape index (κ2) is 9.20. The quantitative estimate of drug-likeness (QED) is 0.636. The first-order valence-electron chi connectivity index (χ1n) is 7.82. The minimum Gasteiger partial charge on any atom is -0.368 e. The summed E-state index contributed by atoms with van der Waals surface area (Å²) in [4.78, 5) is 12.2. The van der Waals surface area contributed by atoms with E-state index in [1.54, 1.807) is 0 Å². The fraction of sp³-hybridized carbons (Fsp3) is 0.533. The fourth-order valence-corrected chi connectivity index (χ4v) is 3.59. The number of ether oxygens (including phenoxy) is 1. The zero-order chi connectivity index (χ0) is 19.4. The smallest absolute Gasteiger partial charge is 0.368 e. The number of amides is 1. The number of carbonyl (C=O) groups excluding carboxylic acids is 1. The van der Waals surface area contributed by atoms with E-state index in [1.165, 1.54) is 24.0 Å². The molecule has 1 aliphatic heterocycles. The number of halogens is 4. The molecule has 0 aliphatic carbocycles. The summed E-state index contributed by atoms with van der Waals surface area (Å²) in [5.41, 5.74) is -0.649. The summed E-state index contributed by atoms with van der Waals surface area (Å²) in [6.45, 7) is -0.398. The number of rotatable bonds is 6. The topological polar surface area (TPSA) is 96.5 Å². The van der Waals surface area contributed by atoms with Crippen LogP contribution in [0.1, 0.15) is 12.8 Å². The fourth-order valence-electron chi connectivity index (χ4n) is 2.58. The van der Waals surface area contributed by atoms with Gasteiger partial charge in [0.15, 0.2) is 0 Å². The molecule has 1 amide bonds. The lowest BCUT2D eigenvalue weighted by atomic mass is 9.91.